The van der Waals surface area contributed by atoms with Crippen LogP contribution in [0.3, 0.4) is 0 Å². The molecule has 33 heavy (non-hydrogen) atoms. The zero-order chi connectivity index (χ0) is 24.5. The van der Waals surface area contributed by atoms with Crippen molar-refractivity contribution in [1.29, 1.82) is 0 Å². The Kier molecular flexibility index (Phi) is 15.7. The first-order chi connectivity index (χ1) is 16.0. The van der Waals surface area contributed by atoms with E-state index in [1.165, 1.54) is 6.42 Å². The molecule has 5 heteroatoms. The van der Waals surface area contributed by atoms with Crippen LogP contribution in [0.4, 0.5) is 0 Å². The largest absolute Gasteiger partial charge is 0.504 e. The predicted octanol–water partition coefficient (Wildman–Crippen LogP) is 7.96. The monoisotopic (exact) mass is 464 g/mol. The van der Waals surface area contributed by atoms with Gasteiger partial charge in [0.15, 0.2) is 11.5 Å². The number of aromatic hydroxyl groups is 2. The van der Waals surface area contributed by atoms with E-state index in [9.17, 15) is 15.0 Å². The van der Waals surface area contributed by atoms with Gasteiger partial charge >= 0.3 is 5.97 Å². The van der Waals surface area contributed by atoms with Gasteiger partial charge in [-0.25, -0.2) is 4.79 Å². The lowest BCUT2D eigenvalue weighted by molar-refractivity contribution is -0.240. The average molecular weight is 465 g/mol. The van der Waals surface area contributed by atoms with Crippen LogP contribution in [0.25, 0.3) is 0 Å². The molecule has 190 valence electrons. The van der Waals surface area contributed by atoms with Gasteiger partial charge in [-0.05, 0) is 56.1 Å². The summed E-state index contributed by atoms with van der Waals surface area (Å²) in [4.78, 5) is 23.0. The highest BCUT2D eigenvalue weighted by atomic mass is 17.2. The Morgan fingerprint density at radius 2 is 1.09 bits per heavy atom. The molecule has 0 aliphatic heterocycles. The fourth-order valence-corrected chi connectivity index (χ4v) is 4.35. The van der Waals surface area contributed by atoms with Gasteiger partial charge in [-0.15, -0.1) is 0 Å². The molecule has 0 saturated carbocycles. The molecule has 1 aromatic rings. The lowest BCUT2D eigenvalue weighted by Gasteiger charge is -2.21. The van der Waals surface area contributed by atoms with Crippen LogP contribution in [0.1, 0.15) is 138 Å². The number of rotatable bonds is 19. The van der Waals surface area contributed by atoms with Crippen LogP contribution in [0.5, 0.6) is 11.5 Å². The Hall–Kier alpha value is -1.75. The molecule has 0 spiro atoms. The Balaban J connectivity index is 3.40. The molecule has 0 amide bonds. The number of hydrogen-bond acceptors (Lipinski definition) is 5. The molecule has 0 atom stereocenters. The molecule has 0 saturated heterocycles. The summed E-state index contributed by atoms with van der Waals surface area (Å²) in [5, 5.41) is 21.9. The van der Waals surface area contributed by atoms with Crippen LogP contribution >= 0.6 is 0 Å². The van der Waals surface area contributed by atoms with Crippen molar-refractivity contribution in [3.05, 3.63) is 22.3 Å². The summed E-state index contributed by atoms with van der Waals surface area (Å²) in [6.07, 6.45) is 16.0. The van der Waals surface area contributed by atoms with Crippen molar-refractivity contribution in [2.45, 2.75) is 130 Å². The first-order valence-electron chi connectivity index (χ1n) is 13.4. The second kappa shape index (κ2) is 17.7. The van der Waals surface area contributed by atoms with Crippen molar-refractivity contribution in [2.24, 2.45) is 0 Å². The van der Waals surface area contributed by atoms with Crippen molar-refractivity contribution in [1.82, 2.24) is 0 Å². The SMILES string of the molecule is CCCCCCc1c(O)c(O)c(C(=O)OOCCC)c(CCCCCC)c1CCCCCC. The van der Waals surface area contributed by atoms with Gasteiger partial charge in [-0.2, -0.15) is 4.89 Å². The molecule has 0 fully saturated rings. The number of carbonyl (C=O) groups excluding carboxylic acids is 1. The second-order valence-electron chi connectivity index (χ2n) is 9.13. The van der Waals surface area contributed by atoms with Crippen molar-refractivity contribution in [3.8, 4) is 11.5 Å². The number of phenolic OH excluding ortho intramolecular Hbond substituents is 2. The Labute approximate surface area is 201 Å². The molecule has 2 N–H and O–H groups in total. The first kappa shape index (κ1) is 29.3. The highest BCUT2D eigenvalue weighted by molar-refractivity contribution is 5.95. The molecule has 0 unspecified atom stereocenters. The molecule has 5 nitrogen and oxygen atoms in total. The minimum Gasteiger partial charge on any atom is -0.504 e. The van der Waals surface area contributed by atoms with Crippen LogP contribution in [0, 0.1) is 0 Å². The van der Waals surface area contributed by atoms with Gasteiger partial charge in [0, 0.05) is 5.56 Å². The van der Waals surface area contributed by atoms with Gasteiger partial charge in [0.1, 0.15) is 5.56 Å². The Bertz CT molecular complexity index is 684. The van der Waals surface area contributed by atoms with E-state index >= 15 is 0 Å². The maximum Gasteiger partial charge on any atom is 0.377 e. The lowest BCUT2D eigenvalue weighted by atomic mass is 9.85. The topological polar surface area (TPSA) is 76.0 Å². The van der Waals surface area contributed by atoms with Crippen LogP contribution in [0.2, 0.25) is 0 Å². The first-order valence-corrected chi connectivity index (χ1v) is 13.4. The van der Waals surface area contributed by atoms with E-state index in [2.05, 4.69) is 20.8 Å². The zero-order valence-corrected chi connectivity index (χ0v) is 21.6. The molecule has 1 aromatic carbocycles. The van der Waals surface area contributed by atoms with E-state index in [0.29, 0.717) is 25.9 Å². The van der Waals surface area contributed by atoms with Crippen molar-refractivity contribution in [3.63, 3.8) is 0 Å². The fraction of sp³-hybridized carbons (Fsp3) is 0.750. The maximum atomic E-state index is 12.9. The van der Waals surface area contributed by atoms with E-state index in [0.717, 1.165) is 93.7 Å². The van der Waals surface area contributed by atoms with Gasteiger partial charge < -0.3 is 10.2 Å². The van der Waals surface area contributed by atoms with E-state index in [-0.39, 0.29) is 17.1 Å². The Morgan fingerprint density at radius 1 is 0.606 bits per heavy atom. The summed E-state index contributed by atoms with van der Waals surface area (Å²) in [5.41, 5.74) is 2.78. The van der Waals surface area contributed by atoms with Gasteiger partial charge in [0.2, 0.25) is 0 Å². The summed E-state index contributed by atoms with van der Waals surface area (Å²) in [5.74, 6) is -1.22. The van der Waals surface area contributed by atoms with E-state index < -0.39 is 5.97 Å². The van der Waals surface area contributed by atoms with Crippen LogP contribution in [0.15, 0.2) is 0 Å². The van der Waals surface area contributed by atoms with Crippen LogP contribution in [-0.4, -0.2) is 22.8 Å². The van der Waals surface area contributed by atoms with E-state index in [1.807, 2.05) is 6.92 Å². The maximum absolute atomic E-state index is 12.9. The zero-order valence-electron chi connectivity index (χ0n) is 21.6. The van der Waals surface area contributed by atoms with Gasteiger partial charge in [0.05, 0.1) is 6.61 Å². The quantitative estimate of drug-likeness (QED) is 0.0939. The third-order valence-electron chi connectivity index (χ3n) is 6.24. The highest BCUT2D eigenvalue weighted by Gasteiger charge is 2.28. The molecule has 0 heterocycles. The van der Waals surface area contributed by atoms with Crippen molar-refractivity contribution in [2.75, 3.05) is 6.61 Å². The van der Waals surface area contributed by atoms with E-state index in [1.54, 1.807) is 0 Å². The second-order valence-corrected chi connectivity index (χ2v) is 9.13. The average Bonchev–Trinajstić information content (AvgIpc) is 2.81. The van der Waals surface area contributed by atoms with Gasteiger partial charge in [-0.3, -0.25) is 4.89 Å². The highest BCUT2D eigenvalue weighted by Crippen LogP contribution is 2.41. The fourth-order valence-electron chi connectivity index (χ4n) is 4.35. The molecule has 0 aliphatic rings. The lowest BCUT2D eigenvalue weighted by Crippen LogP contribution is -2.14. The van der Waals surface area contributed by atoms with E-state index in [4.69, 9.17) is 9.78 Å². The van der Waals surface area contributed by atoms with Crippen LogP contribution in [-0.2, 0) is 29.0 Å². The molecule has 0 bridgehead atoms. The van der Waals surface area contributed by atoms with Gasteiger partial charge in [-0.1, -0.05) is 85.5 Å². The predicted molar refractivity (Wildman–Crippen MR) is 135 cm³/mol. The molecular weight excluding hydrogens is 416 g/mol. The number of hydrogen-bond donors (Lipinski definition) is 2. The number of unbranched alkanes of at least 4 members (excludes halogenated alkanes) is 9. The molecular formula is C28H48O5. The third kappa shape index (κ3) is 9.95. The molecule has 1 rings (SSSR count). The number of carbonyl (C=O) groups is 1. The summed E-state index contributed by atoms with van der Waals surface area (Å²) < 4.78 is 0. The molecule has 0 aliphatic carbocycles. The number of phenols is 2. The standard InChI is InChI=1S/C28H48O5/c1-5-9-12-15-18-22-23(19-16-13-10-6-2)25(28(31)33-32-21-8-4)27(30)26(29)24(22)20-17-14-11-7-3/h29-30H,5-21H2,1-4H3. The summed E-state index contributed by atoms with van der Waals surface area (Å²) in [6, 6.07) is 0. The molecule has 0 aromatic heterocycles. The summed E-state index contributed by atoms with van der Waals surface area (Å²) in [7, 11) is 0. The minimum atomic E-state index is -0.714. The normalized spacial score (nSPS) is 11.2. The van der Waals surface area contributed by atoms with Gasteiger partial charge in [0.25, 0.3) is 0 Å². The van der Waals surface area contributed by atoms with Crippen LogP contribution < -0.4 is 0 Å². The summed E-state index contributed by atoms with van der Waals surface area (Å²) in [6.45, 7) is 8.77. The smallest absolute Gasteiger partial charge is 0.377 e. The summed E-state index contributed by atoms with van der Waals surface area (Å²) >= 11 is 0. The minimum absolute atomic E-state index is 0.0860. The Morgan fingerprint density at radius 3 is 1.58 bits per heavy atom. The van der Waals surface area contributed by atoms with Crippen molar-refractivity contribution >= 4 is 5.97 Å². The number of benzene rings is 1. The van der Waals surface area contributed by atoms with Crippen molar-refractivity contribution < 1.29 is 24.8 Å². The third-order valence-corrected chi connectivity index (χ3v) is 6.24. The molecule has 0 radical (unpaired) electrons.